The maximum absolute atomic E-state index is 14.5. The van der Waals surface area contributed by atoms with Crippen LogP contribution in [0.3, 0.4) is 0 Å². The molecule has 2 aromatic heterocycles. The van der Waals surface area contributed by atoms with Crippen LogP contribution in [0, 0.1) is 18.7 Å². The van der Waals surface area contributed by atoms with Crippen molar-refractivity contribution in [3.05, 3.63) is 52.9 Å². The third-order valence-electron chi connectivity index (χ3n) is 7.30. The highest BCUT2D eigenvalue weighted by molar-refractivity contribution is 7.99. The molecule has 1 saturated heterocycles. The first-order valence-corrected chi connectivity index (χ1v) is 12.8. The van der Waals surface area contributed by atoms with Gasteiger partial charge >= 0.3 is 6.18 Å². The predicted molar refractivity (Wildman–Crippen MR) is 126 cm³/mol. The van der Waals surface area contributed by atoms with Gasteiger partial charge in [0.25, 0.3) is 0 Å². The Labute approximate surface area is 205 Å². The molecule has 1 aliphatic carbocycles. The number of rotatable bonds is 8. The number of aryl methyl sites for hydroxylation is 2. The number of likely N-dealkylation sites (tertiary alicyclic amines) is 1. The van der Waals surface area contributed by atoms with E-state index >= 15 is 0 Å². The Morgan fingerprint density at radius 3 is 2.77 bits per heavy atom. The van der Waals surface area contributed by atoms with Crippen LogP contribution in [-0.2, 0) is 25.1 Å². The summed E-state index contributed by atoms with van der Waals surface area (Å²) in [4.78, 5) is 11.2. The van der Waals surface area contributed by atoms with E-state index in [0.717, 1.165) is 78.5 Å². The summed E-state index contributed by atoms with van der Waals surface area (Å²) in [5.74, 6) is 2.03. The molecule has 188 valence electrons. The fourth-order valence-electron chi connectivity index (χ4n) is 5.38. The van der Waals surface area contributed by atoms with Crippen LogP contribution in [0.15, 0.2) is 34.0 Å². The van der Waals surface area contributed by atoms with Gasteiger partial charge in [0.1, 0.15) is 5.82 Å². The van der Waals surface area contributed by atoms with E-state index < -0.39 is 23.0 Å². The summed E-state index contributed by atoms with van der Waals surface area (Å²) in [5.41, 5.74) is 0.805. The maximum atomic E-state index is 14.5. The van der Waals surface area contributed by atoms with Crippen LogP contribution < -0.4 is 0 Å². The standard InChI is InChI=1S/C25H28F4N4OS/c1-4-20-23(32(3)22(31-20)21-15(2)30-14-34-21)35-9-5-8-33-12-17-11-24(17,13-33)18-10-16(25(27,28)29)6-7-19(18)26/h6-7,10,14,17H,4-5,8-9,11-13H2,1-3H3. The minimum Gasteiger partial charge on any atom is -0.440 e. The van der Waals surface area contributed by atoms with Gasteiger partial charge in [0.2, 0.25) is 0 Å². The van der Waals surface area contributed by atoms with Crippen molar-refractivity contribution in [3.63, 3.8) is 0 Å². The summed E-state index contributed by atoms with van der Waals surface area (Å²) in [7, 11) is 1.98. The van der Waals surface area contributed by atoms with Crippen molar-refractivity contribution in [2.24, 2.45) is 13.0 Å². The summed E-state index contributed by atoms with van der Waals surface area (Å²) < 4.78 is 61.7. The number of thioether (sulfide) groups is 1. The van der Waals surface area contributed by atoms with Gasteiger partial charge in [-0.05, 0) is 62.4 Å². The first-order valence-electron chi connectivity index (χ1n) is 11.8. The zero-order valence-corrected chi connectivity index (χ0v) is 20.8. The monoisotopic (exact) mass is 508 g/mol. The Morgan fingerprint density at radius 1 is 1.29 bits per heavy atom. The van der Waals surface area contributed by atoms with Crippen molar-refractivity contribution < 1.29 is 22.0 Å². The molecule has 1 saturated carbocycles. The Hall–Kier alpha value is -2.33. The molecule has 5 nitrogen and oxygen atoms in total. The molecule has 5 rings (SSSR count). The van der Waals surface area contributed by atoms with Gasteiger partial charge < -0.3 is 13.9 Å². The molecule has 0 N–H and O–H groups in total. The number of nitrogens with zero attached hydrogens (tertiary/aromatic N) is 4. The van der Waals surface area contributed by atoms with Gasteiger partial charge in [-0.3, -0.25) is 0 Å². The van der Waals surface area contributed by atoms with Crippen LogP contribution in [0.25, 0.3) is 11.6 Å². The van der Waals surface area contributed by atoms with Crippen molar-refractivity contribution in [3.8, 4) is 11.6 Å². The van der Waals surface area contributed by atoms with Crippen LogP contribution in [0.1, 0.15) is 42.3 Å². The van der Waals surface area contributed by atoms with Crippen LogP contribution in [0.2, 0.25) is 0 Å². The van der Waals surface area contributed by atoms with Crippen molar-refractivity contribution in [1.82, 2.24) is 19.4 Å². The summed E-state index contributed by atoms with van der Waals surface area (Å²) >= 11 is 1.75. The highest BCUT2D eigenvalue weighted by atomic mass is 32.2. The first-order chi connectivity index (χ1) is 16.6. The molecule has 3 heterocycles. The molecule has 3 aromatic rings. The third-order valence-corrected chi connectivity index (χ3v) is 8.57. The quantitative estimate of drug-likeness (QED) is 0.217. The zero-order valence-electron chi connectivity index (χ0n) is 20.0. The van der Waals surface area contributed by atoms with E-state index in [0.29, 0.717) is 12.3 Å². The number of halogens is 4. The molecule has 2 unspecified atom stereocenters. The third kappa shape index (κ3) is 4.39. The number of benzene rings is 1. The molecule has 0 bridgehead atoms. The average Bonchev–Trinajstić information content (AvgIpc) is 3.08. The smallest absolute Gasteiger partial charge is 0.416 e. The van der Waals surface area contributed by atoms with Gasteiger partial charge in [-0.1, -0.05) is 6.92 Å². The number of fused-ring (bicyclic) bond motifs is 1. The second kappa shape index (κ2) is 8.96. The molecule has 0 spiro atoms. The lowest BCUT2D eigenvalue weighted by molar-refractivity contribution is -0.137. The molecule has 35 heavy (non-hydrogen) atoms. The van der Waals surface area contributed by atoms with Crippen LogP contribution >= 0.6 is 11.8 Å². The molecular weight excluding hydrogens is 480 g/mol. The highest BCUT2D eigenvalue weighted by Crippen LogP contribution is 2.60. The predicted octanol–water partition coefficient (Wildman–Crippen LogP) is 5.86. The Balaban J connectivity index is 1.20. The van der Waals surface area contributed by atoms with E-state index in [9.17, 15) is 17.6 Å². The van der Waals surface area contributed by atoms with Crippen molar-refractivity contribution in [2.45, 2.75) is 49.7 Å². The number of imidazole rings is 1. The number of aromatic nitrogens is 3. The summed E-state index contributed by atoms with van der Waals surface area (Å²) in [6, 6.07) is 2.82. The highest BCUT2D eigenvalue weighted by Gasteiger charge is 2.61. The van der Waals surface area contributed by atoms with E-state index in [1.165, 1.54) is 6.39 Å². The number of piperidine rings is 1. The van der Waals surface area contributed by atoms with Crippen molar-refractivity contribution in [2.75, 3.05) is 25.4 Å². The van der Waals surface area contributed by atoms with Gasteiger partial charge in [-0.25, -0.2) is 14.4 Å². The van der Waals surface area contributed by atoms with E-state index in [-0.39, 0.29) is 11.5 Å². The van der Waals surface area contributed by atoms with Crippen LogP contribution in [0.5, 0.6) is 0 Å². The van der Waals surface area contributed by atoms with E-state index in [2.05, 4.69) is 16.8 Å². The zero-order chi connectivity index (χ0) is 25.0. The lowest BCUT2D eigenvalue weighted by Crippen LogP contribution is -2.28. The minimum absolute atomic E-state index is 0.226. The Morgan fingerprint density at radius 2 is 2.09 bits per heavy atom. The fourth-order valence-corrected chi connectivity index (χ4v) is 6.49. The van der Waals surface area contributed by atoms with E-state index in [1.807, 2.05) is 18.5 Å². The minimum atomic E-state index is -4.46. The number of hydrogen-bond acceptors (Lipinski definition) is 5. The first kappa shape index (κ1) is 24.4. The molecule has 1 aliphatic heterocycles. The molecule has 1 aromatic carbocycles. The summed E-state index contributed by atoms with van der Waals surface area (Å²) in [6.45, 7) is 6.22. The van der Waals surface area contributed by atoms with Gasteiger partial charge in [-0.15, -0.1) is 11.8 Å². The topological polar surface area (TPSA) is 47.1 Å². The number of alkyl halides is 3. The van der Waals surface area contributed by atoms with Gasteiger partial charge in [0.05, 0.1) is 22.0 Å². The molecule has 2 fully saturated rings. The molecule has 2 atom stereocenters. The molecule has 0 radical (unpaired) electrons. The summed E-state index contributed by atoms with van der Waals surface area (Å²) in [5, 5.41) is 1.10. The molecule has 2 aliphatic rings. The molecule has 10 heteroatoms. The normalized spacial score (nSPS) is 22.1. The number of hydrogen-bond donors (Lipinski definition) is 0. The fraction of sp³-hybridized carbons (Fsp3) is 0.520. The Bertz CT molecular complexity index is 1240. The SMILES string of the molecule is CCc1nc(-c2ocnc2C)n(C)c1SCCCN1CC2CC2(c2cc(C(F)(F)F)ccc2F)C1. The van der Waals surface area contributed by atoms with Crippen molar-refractivity contribution in [1.29, 1.82) is 0 Å². The van der Waals surface area contributed by atoms with Gasteiger partial charge in [0.15, 0.2) is 18.0 Å². The molecular formula is C25H28F4N4OS. The van der Waals surface area contributed by atoms with E-state index in [4.69, 9.17) is 9.40 Å². The van der Waals surface area contributed by atoms with Gasteiger partial charge in [0, 0.05) is 31.3 Å². The average molecular weight is 509 g/mol. The van der Waals surface area contributed by atoms with Crippen molar-refractivity contribution >= 4 is 11.8 Å². The summed E-state index contributed by atoms with van der Waals surface area (Å²) in [6.07, 6.45) is -0.550. The van der Waals surface area contributed by atoms with Gasteiger partial charge in [-0.2, -0.15) is 13.2 Å². The lowest BCUT2D eigenvalue weighted by Gasteiger charge is -2.22. The largest absolute Gasteiger partial charge is 0.440 e. The van der Waals surface area contributed by atoms with E-state index in [1.54, 1.807) is 11.8 Å². The maximum Gasteiger partial charge on any atom is 0.416 e. The lowest BCUT2D eigenvalue weighted by atomic mass is 9.92. The van der Waals surface area contributed by atoms with Crippen LogP contribution in [-0.4, -0.2) is 44.8 Å². The number of oxazole rings is 1. The Kier molecular flexibility index (Phi) is 6.24. The van der Waals surface area contributed by atoms with Crippen LogP contribution in [0.4, 0.5) is 17.6 Å². The second-order valence-electron chi connectivity index (χ2n) is 9.55. The molecule has 0 amide bonds. The second-order valence-corrected chi connectivity index (χ2v) is 10.6.